The van der Waals surface area contributed by atoms with Gasteiger partial charge >= 0.3 is 0 Å². The van der Waals surface area contributed by atoms with Gasteiger partial charge in [-0.15, -0.1) is 0 Å². The van der Waals surface area contributed by atoms with E-state index in [2.05, 4.69) is 78.2 Å². The van der Waals surface area contributed by atoms with Crippen molar-refractivity contribution in [2.75, 3.05) is 40.0 Å². The number of hydrogen-bond donors (Lipinski definition) is 2. The van der Waals surface area contributed by atoms with Gasteiger partial charge in [-0.2, -0.15) is 0 Å². The van der Waals surface area contributed by atoms with E-state index in [0.29, 0.717) is 12.5 Å². The number of aliphatic imine (C=N–C) groups is 1. The van der Waals surface area contributed by atoms with Crippen LogP contribution in [0.1, 0.15) is 36.8 Å². The van der Waals surface area contributed by atoms with Crippen LogP contribution in [0.3, 0.4) is 0 Å². The molecule has 30 heavy (non-hydrogen) atoms. The Labute approximate surface area is 180 Å². The Balaban J connectivity index is 1.69. The first-order chi connectivity index (χ1) is 14.7. The summed E-state index contributed by atoms with van der Waals surface area (Å²) in [5.74, 6) is 1.20. The molecule has 0 spiro atoms. The number of methoxy groups -OCH3 is 1. The third-order valence-electron chi connectivity index (χ3n) is 5.82. The summed E-state index contributed by atoms with van der Waals surface area (Å²) < 4.78 is 11.3. The zero-order chi connectivity index (χ0) is 21.1. The fourth-order valence-corrected chi connectivity index (χ4v) is 3.89. The molecule has 3 rings (SSSR count). The molecule has 5 heteroatoms. The zero-order valence-electron chi connectivity index (χ0n) is 18.3. The van der Waals surface area contributed by atoms with Gasteiger partial charge in [-0.3, -0.25) is 4.99 Å². The van der Waals surface area contributed by atoms with Gasteiger partial charge in [0.1, 0.15) is 0 Å². The Morgan fingerprint density at radius 2 is 1.70 bits per heavy atom. The smallest absolute Gasteiger partial charge is 0.191 e. The summed E-state index contributed by atoms with van der Waals surface area (Å²) in [6.07, 6.45) is 2.75. The van der Waals surface area contributed by atoms with Crippen molar-refractivity contribution in [2.24, 2.45) is 4.99 Å². The molecule has 0 amide bonds. The number of nitrogens with zero attached hydrogens (tertiary/aromatic N) is 1. The van der Waals surface area contributed by atoms with Crippen LogP contribution in [-0.2, 0) is 15.9 Å². The van der Waals surface area contributed by atoms with Crippen molar-refractivity contribution in [1.29, 1.82) is 0 Å². The van der Waals surface area contributed by atoms with E-state index in [1.54, 1.807) is 7.11 Å². The van der Waals surface area contributed by atoms with Crippen molar-refractivity contribution in [3.05, 3.63) is 71.8 Å². The lowest BCUT2D eigenvalue weighted by atomic mass is 9.92. The van der Waals surface area contributed by atoms with Gasteiger partial charge in [-0.05, 0) is 24.5 Å². The van der Waals surface area contributed by atoms with Crippen LogP contribution < -0.4 is 10.6 Å². The van der Waals surface area contributed by atoms with Crippen molar-refractivity contribution < 1.29 is 9.47 Å². The SMILES string of the molecule is CCNC(=NCC1(OC)CCOCC1)NCC(Cc1ccccc1)c1ccccc1. The van der Waals surface area contributed by atoms with Gasteiger partial charge in [0.2, 0.25) is 0 Å². The highest BCUT2D eigenvalue weighted by molar-refractivity contribution is 5.79. The van der Waals surface area contributed by atoms with Crippen LogP contribution in [0.15, 0.2) is 65.7 Å². The Morgan fingerprint density at radius 1 is 1.03 bits per heavy atom. The van der Waals surface area contributed by atoms with Crippen LogP contribution in [0.25, 0.3) is 0 Å². The zero-order valence-corrected chi connectivity index (χ0v) is 18.3. The highest BCUT2D eigenvalue weighted by atomic mass is 16.5. The molecule has 0 aliphatic carbocycles. The predicted octanol–water partition coefficient (Wildman–Crippen LogP) is 3.76. The molecule has 1 fully saturated rings. The minimum atomic E-state index is -0.219. The second-order valence-corrected chi connectivity index (χ2v) is 7.87. The summed E-state index contributed by atoms with van der Waals surface area (Å²) in [5.41, 5.74) is 2.46. The lowest BCUT2D eigenvalue weighted by Gasteiger charge is -2.34. The van der Waals surface area contributed by atoms with Gasteiger partial charge in [0.25, 0.3) is 0 Å². The third-order valence-corrected chi connectivity index (χ3v) is 5.82. The number of benzene rings is 2. The number of hydrogen-bond acceptors (Lipinski definition) is 3. The van der Waals surface area contributed by atoms with E-state index in [0.717, 1.165) is 51.5 Å². The quantitative estimate of drug-likeness (QED) is 0.489. The highest BCUT2D eigenvalue weighted by Gasteiger charge is 2.32. The maximum absolute atomic E-state index is 5.84. The number of ether oxygens (including phenoxy) is 2. The summed E-state index contributed by atoms with van der Waals surface area (Å²) in [6.45, 7) is 5.84. The standard InChI is InChI=1S/C25H35N3O2/c1-3-26-24(28-20-25(29-2)14-16-30-17-15-25)27-19-23(22-12-8-5-9-13-22)18-21-10-6-4-7-11-21/h4-13,23H,3,14-20H2,1-2H3,(H2,26,27,28). The molecule has 162 valence electrons. The summed E-state index contributed by atoms with van der Waals surface area (Å²) in [7, 11) is 1.78. The lowest BCUT2D eigenvalue weighted by Crippen LogP contribution is -2.44. The van der Waals surface area contributed by atoms with E-state index >= 15 is 0 Å². The lowest BCUT2D eigenvalue weighted by molar-refractivity contribution is -0.0828. The molecule has 1 saturated heterocycles. The summed E-state index contributed by atoms with van der Waals surface area (Å²) in [6, 6.07) is 21.4. The van der Waals surface area contributed by atoms with E-state index in [4.69, 9.17) is 14.5 Å². The first-order valence-electron chi connectivity index (χ1n) is 11.0. The van der Waals surface area contributed by atoms with Crippen molar-refractivity contribution in [3.8, 4) is 0 Å². The molecule has 2 aromatic rings. The third kappa shape index (κ3) is 6.57. The van der Waals surface area contributed by atoms with Crippen LogP contribution in [0, 0.1) is 0 Å². The van der Waals surface area contributed by atoms with Crippen molar-refractivity contribution in [3.63, 3.8) is 0 Å². The predicted molar refractivity (Wildman–Crippen MR) is 123 cm³/mol. The van der Waals surface area contributed by atoms with E-state index in [1.165, 1.54) is 11.1 Å². The van der Waals surface area contributed by atoms with Gasteiger partial charge in [0.05, 0.1) is 12.1 Å². The molecule has 0 radical (unpaired) electrons. The van der Waals surface area contributed by atoms with Gasteiger partial charge in [-0.25, -0.2) is 0 Å². The molecular formula is C25H35N3O2. The Hall–Kier alpha value is -2.37. The van der Waals surface area contributed by atoms with Crippen molar-refractivity contribution >= 4 is 5.96 Å². The fraction of sp³-hybridized carbons (Fsp3) is 0.480. The van der Waals surface area contributed by atoms with E-state index in [1.807, 2.05) is 0 Å². The molecule has 1 atom stereocenters. The number of rotatable bonds is 9. The topological polar surface area (TPSA) is 54.9 Å². The van der Waals surface area contributed by atoms with Gasteiger partial charge in [0, 0.05) is 52.2 Å². The van der Waals surface area contributed by atoms with E-state index in [9.17, 15) is 0 Å². The van der Waals surface area contributed by atoms with Crippen LogP contribution in [0.4, 0.5) is 0 Å². The summed E-state index contributed by atoms with van der Waals surface area (Å²) in [4.78, 5) is 4.87. The molecule has 5 nitrogen and oxygen atoms in total. The monoisotopic (exact) mass is 409 g/mol. The second-order valence-electron chi connectivity index (χ2n) is 7.87. The summed E-state index contributed by atoms with van der Waals surface area (Å²) in [5, 5.41) is 6.96. The van der Waals surface area contributed by atoms with Gasteiger partial charge in [0.15, 0.2) is 5.96 Å². The minimum absolute atomic E-state index is 0.219. The highest BCUT2D eigenvalue weighted by Crippen LogP contribution is 2.25. The first-order valence-corrected chi connectivity index (χ1v) is 11.0. The Bertz CT molecular complexity index is 758. The molecule has 1 aliphatic heterocycles. The van der Waals surface area contributed by atoms with Crippen LogP contribution in [0.5, 0.6) is 0 Å². The molecule has 1 heterocycles. The Kier molecular flexibility index (Phi) is 8.72. The van der Waals surface area contributed by atoms with Crippen LogP contribution in [0.2, 0.25) is 0 Å². The molecule has 0 saturated carbocycles. The number of nitrogens with one attached hydrogen (secondary N) is 2. The molecule has 1 aliphatic rings. The molecule has 2 N–H and O–H groups in total. The fourth-order valence-electron chi connectivity index (χ4n) is 3.89. The largest absolute Gasteiger partial charge is 0.381 e. The normalized spacial score (nSPS) is 17.3. The maximum atomic E-state index is 5.84. The van der Waals surface area contributed by atoms with Crippen LogP contribution in [-0.4, -0.2) is 51.5 Å². The van der Waals surface area contributed by atoms with Crippen LogP contribution >= 0.6 is 0 Å². The number of guanidine groups is 1. The van der Waals surface area contributed by atoms with Gasteiger partial charge < -0.3 is 20.1 Å². The van der Waals surface area contributed by atoms with Gasteiger partial charge in [-0.1, -0.05) is 60.7 Å². The molecule has 0 aromatic heterocycles. The first kappa shape index (κ1) is 22.3. The average Bonchev–Trinajstić information content (AvgIpc) is 2.82. The molecule has 1 unspecified atom stereocenters. The van der Waals surface area contributed by atoms with Crippen molar-refractivity contribution in [2.45, 2.75) is 37.7 Å². The average molecular weight is 410 g/mol. The Morgan fingerprint density at radius 3 is 2.33 bits per heavy atom. The second kappa shape index (κ2) is 11.7. The van der Waals surface area contributed by atoms with Crippen molar-refractivity contribution in [1.82, 2.24) is 10.6 Å². The van der Waals surface area contributed by atoms with E-state index in [-0.39, 0.29) is 5.60 Å². The maximum Gasteiger partial charge on any atom is 0.191 e. The minimum Gasteiger partial charge on any atom is -0.381 e. The summed E-state index contributed by atoms with van der Waals surface area (Å²) >= 11 is 0. The molecule has 0 bridgehead atoms. The molecular weight excluding hydrogens is 374 g/mol. The molecule has 2 aromatic carbocycles. The van der Waals surface area contributed by atoms with E-state index < -0.39 is 0 Å².